The Balaban J connectivity index is 1.77. The van der Waals surface area contributed by atoms with Gasteiger partial charge in [-0.05, 0) is 49.7 Å². The van der Waals surface area contributed by atoms with Crippen LogP contribution in [0, 0.1) is 0 Å². The van der Waals surface area contributed by atoms with Crippen LogP contribution < -0.4 is 10.2 Å². The number of hydrogen-bond acceptors (Lipinski definition) is 2. The van der Waals surface area contributed by atoms with Crippen molar-refractivity contribution in [2.75, 3.05) is 11.4 Å². The number of hydrogen-bond donors (Lipinski definition) is 1. The molecule has 0 spiro atoms. The van der Waals surface area contributed by atoms with Crippen molar-refractivity contribution in [1.82, 2.24) is 5.32 Å². The molecule has 3 aromatic rings. The number of nitrogens with zero attached hydrogens (tertiary/aromatic N) is 1. The van der Waals surface area contributed by atoms with E-state index < -0.39 is 0 Å². The summed E-state index contributed by atoms with van der Waals surface area (Å²) < 4.78 is 0. The van der Waals surface area contributed by atoms with Crippen molar-refractivity contribution in [3.05, 3.63) is 102 Å². The Morgan fingerprint density at radius 3 is 2.11 bits per heavy atom. The summed E-state index contributed by atoms with van der Waals surface area (Å²) in [5, 5.41) is 2.99. The quantitative estimate of drug-likeness (QED) is 0.673. The number of para-hydroxylation sites is 1. The summed E-state index contributed by atoms with van der Waals surface area (Å²) in [5.74, 6) is -0.326. The molecule has 1 unspecified atom stereocenters. The van der Waals surface area contributed by atoms with Crippen molar-refractivity contribution in [3.63, 3.8) is 0 Å². The zero-order chi connectivity index (χ0) is 19.9. The molecule has 0 saturated heterocycles. The van der Waals surface area contributed by atoms with Crippen molar-refractivity contribution in [3.8, 4) is 0 Å². The Labute approximate surface area is 165 Å². The lowest BCUT2D eigenvalue weighted by atomic mass is 10.1. The highest BCUT2D eigenvalue weighted by atomic mass is 16.2. The summed E-state index contributed by atoms with van der Waals surface area (Å²) in [6.07, 6.45) is 0. The molecule has 0 bridgehead atoms. The fourth-order valence-electron chi connectivity index (χ4n) is 3.11. The second-order valence-corrected chi connectivity index (χ2v) is 6.57. The molecule has 0 aliphatic rings. The monoisotopic (exact) mass is 372 g/mol. The van der Waals surface area contributed by atoms with E-state index in [1.807, 2.05) is 74.5 Å². The molecule has 1 N–H and O–H groups in total. The molecule has 3 aromatic carbocycles. The Bertz CT molecular complexity index is 939. The fraction of sp³-hybridized carbons (Fsp3) is 0.167. The number of amides is 2. The van der Waals surface area contributed by atoms with Crippen molar-refractivity contribution in [2.45, 2.75) is 19.9 Å². The molecular weight excluding hydrogens is 348 g/mol. The number of carbonyl (C=O) groups excluding carboxylic acids is 2. The molecule has 0 aromatic heterocycles. The smallest absolute Gasteiger partial charge is 0.258 e. The first-order chi connectivity index (χ1) is 13.6. The highest BCUT2D eigenvalue weighted by Gasteiger charge is 2.18. The topological polar surface area (TPSA) is 49.4 Å². The largest absolute Gasteiger partial charge is 0.346 e. The van der Waals surface area contributed by atoms with Crippen LogP contribution in [0.1, 0.15) is 46.2 Å². The Morgan fingerprint density at radius 2 is 1.46 bits per heavy atom. The first-order valence-corrected chi connectivity index (χ1v) is 9.43. The van der Waals surface area contributed by atoms with Crippen molar-refractivity contribution >= 4 is 17.5 Å². The summed E-state index contributed by atoms with van der Waals surface area (Å²) >= 11 is 0. The average molecular weight is 372 g/mol. The van der Waals surface area contributed by atoms with Gasteiger partial charge in [0.25, 0.3) is 11.8 Å². The van der Waals surface area contributed by atoms with E-state index in [-0.39, 0.29) is 17.9 Å². The number of nitrogens with one attached hydrogen (secondary N) is 1. The third-order valence-corrected chi connectivity index (χ3v) is 4.65. The van der Waals surface area contributed by atoms with Gasteiger partial charge in [-0.25, -0.2) is 0 Å². The third kappa shape index (κ3) is 4.46. The molecular formula is C24H24N2O2. The Kier molecular flexibility index (Phi) is 6.22. The van der Waals surface area contributed by atoms with Crippen LogP contribution in [0.3, 0.4) is 0 Å². The molecule has 0 saturated carbocycles. The summed E-state index contributed by atoms with van der Waals surface area (Å²) in [7, 11) is 0. The predicted octanol–water partition coefficient (Wildman–Crippen LogP) is 4.84. The highest BCUT2D eigenvalue weighted by Crippen LogP contribution is 2.18. The molecule has 142 valence electrons. The van der Waals surface area contributed by atoms with E-state index in [4.69, 9.17) is 0 Å². The van der Waals surface area contributed by atoms with E-state index in [0.29, 0.717) is 17.7 Å². The van der Waals surface area contributed by atoms with Gasteiger partial charge in [-0.15, -0.1) is 0 Å². The fourth-order valence-corrected chi connectivity index (χ4v) is 3.11. The molecule has 1 atom stereocenters. The third-order valence-electron chi connectivity index (χ3n) is 4.65. The molecule has 4 nitrogen and oxygen atoms in total. The lowest BCUT2D eigenvalue weighted by molar-refractivity contribution is 0.0940. The second-order valence-electron chi connectivity index (χ2n) is 6.57. The van der Waals surface area contributed by atoms with Crippen LogP contribution in [0.4, 0.5) is 5.69 Å². The van der Waals surface area contributed by atoms with Crippen LogP contribution in [0.5, 0.6) is 0 Å². The van der Waals surface area contributed by atoms with Gasteiger partial charge >= 0.3 is 0 Å². The van der Waals surface area contributed by atoms with E-state index >= 15 is 0 Å². The highest BCUT2D eigenvalue weighted by molar-refractivity contribution is 6.07. The molecule has 0 fully saturated rings. The summed E-state index contributed by atoms with van der Waals surface area (Å²) in [5.41, 5.74) is 2.83. The second kappa shape index (κ2) is 9.00. The summed E-state index contributed by atoms with van der Waals surface area (Å²) in [4.78, 5) is 27.4. The van der Waals surface area contributed by atoms with E-state index in [2.05, 4.69) is 5.32 Å². The summed E-state index contributed by atoms with van der Waals surface area (Å²) in [6.45, 7) is 4.42. The van der Waals surface area contributed by atoms with Crippen LogP contribution in [0.15, 0.2) is 84.9 Å². The number of carbonyl (C=O) groups is 2. The van der Waals surface area contributed by atoms with Crippen molar-refractivity contribution in [1.29, 1.82) is 0 Å². The minimum Gasteiger partial charge on any atom is -0.346 e. The van der Waals surface area contributed by atoms with Gasteiger partial charge < -0.3 is 10.2 Å². The van der Waals surface area contributed by atoms with E-state index in [1.165, 1.54) is 0 Å². The van der Waals surface area contributed by atoms with Gasteiger partial charge in [-0.3, -0.25) is 9.59 Å². The zero-order valence-electron chi connectivity index (χ0n) is 16.1. The van der Waals surface area contributed by atoms with Crippen LogP contribution in [-0.4, -0.2) is 18.4 Å². The van der Waals surface area contributed by atoms with E-state index in [0.717, 1.165) is 11.3 Å². The van der Waals surface area contributed by atoms with E-state index in [1.54, 1.807) is 29.2 Å². The Morgan fingerprint density at radius 1 is 0.857 bits per heavy atom. The van der Waals surface area contributed by atoms with E-state index in [9.17, 15) is 9.59 Å². The summed E-state index contributed by atoms with van der Waals surface area (Å²) in [6, 6.07) is 26.1. The van der Waals surface area contributed by atoms with Gasteiger partial charge in [0.05, 0.1) is 6.04 Å². The standard InChI is InChI=1S/C24H24N2O2/c1-3-26(22-15-8-5-9-16-22)24(28)21-14-10-13-20(17-21)23(27)25-18(2)19-11-6-4-7-12-19/h4-18H,3H2,1-2H3,(H,25,27). The predicted molar refractivity (Wildman–Crippen MR) is 113 cm³/mol. The van der Waals surface area contributed by atoms with Crippen molar-refractivity contribution < 1.29 is 9.59 Å². The molecule has 0 radical (unpaired) electrons. The molecule has 2 amide bonds. The van der Waals surface area contributed by atoms with Crippen LogP contribution >= 0.6 is 0 Å². The van der Waals surface area contributed by atoms with Gasteiger partial charge in [0, 0.05) is 23.4 Å². The lowest BCUT2D eigenvalue weighted by Crippen LogP contribution is -2.31. The number of benzene rings is 3. The van der Waals surface area contributed by atoms with Crippen molar-refractivity contribution in [2.24, 2.45) is 0 Å². The minimum atomic E-state index is -0.200. The van der Waals surface area contributed by atoms with Crippen LogP contribution in [-0.2, 0) is 0 Å². The first kappa shape index (κ1) is 19.4. The molecule has 0 aliphatic heterocycles. The van der Waals surface area contributed by atoms with Crippen LogP contribution in [0.25, 0.3) is 0 Å². The first-order valence-electron chi connectivity index (χ1n) is 9.43. The molecule has 4 heteroatoms. The molecule has 0 aliphatic carbocycles. The Hall–Kier alpha value is -3.40. The normalized spacial score (nSPS) is 11.5. The van der Waals surface area contributed by atoms with Gasteiger partial charge in [0.2, 0.25) is 0 Å². The lowest BCUT2D eigenvalue weighted by Gasteiger charge is -2.21. The molecule has 3 rings (SSSR count). The maximum absolute atomic E-state index is 13.0. The molecule has 0 heterocycles. The SMILES string of the molecule is CCN(C(=O)c1cccc(C(=O)NC(C)c2ccccc2)c1)c1ccccc1. The molecule has 28 heavy (non-hydrogen) atoms. The maximum atomic E-state index is 13.0. The number of rotatable bonds is 6. The zero-order valence-corrected chi connectivity index (χ0v) is 16.1. The number of anilines is 1. The maximum Gasteiger partial charge on any atom is 0.258 e. The van der Waals surface area contributed by atoms with Gasteiger partial charge in [-0.2, -0.15) is 0 Å². The van der Waals surface area contributed by atoms with Gasteiger partial charge in [-0.1, -0.05) is 54.6 Å². The minimum absolute atomic E-state index is 0.121. The average Bonchev–Trinajstić information content (AvgIpc) is 2.75. The van der Waals surface area contributed by atoms with Gasteiger partial charge in [0.1, 0.15) is 0 Å². The van der Waals surface area contributed by atoms with Crippen LogP contribution in [0.2, 0.25) is 0 Å². The van der Waals surface area contributed by atoms with Gasteiger partial charge in [0.15, 0.2) is 0 Å².